The smallest absolute Gasteiger partial charge is 0.416 e. The van der Waals surface area contributed by atoms with Crippen molar-refractivity contribution in [1.29, 1.82) is 0 Å². The standard InChI is InChI=1S/C25H23F3N4O5/c1-24(2)18-11-12-30-21(33)31(15-7-5-14(6-8-15)25(26,27)28)22(34)32(30)20(18)17-10-9-16(13-19(17)37-24)36-23(35)29(3)4/h5-11,13,20H,12H2,1-4H3. The molecule has 0 spiro atoms. The minimum absolute atomic E-state index is 0.0245. The van der Waals surface area contributed by atoms with Crippen molar-refractivity contribution in [3.63, 3.8) is 0 Å². The third-order valence-electron chi connectivity index (χ3n) is 6.45. The van der Waals surface area contributed by atoms with Gasteiger partial charge in [0.15, 0.2) is 0 Å². The number of hydrogen-bond acceptors (Lipinski definition) is 5. The van der Waals surface area contributed by atoms with Gasteiger partial charge in [0.1, 0.15) is 23.1 Å². The molecule has 194 valence electrons. The van der Waals surface area contributed by atoms with Gasteiger partial charge in [-0.2, -0.15) is 13.2 Å². The van der Waals surface area contributed by atoms with Crippen LogP contribution in [0.2, 0.25) is 0 Å². The van der Waals surface area contributed by atoms with Crippen molar-refractivity contribution >= 4 is 6.09 Å². The second kappa shape index (κ2) is 8.15. The summed E-state index contributed by atoms with van der Waals surface area (Å²) in [6, 6.07) is 7.90. The molecule has 2 aromatic carbocycles. The zero-order chi connectivity index (χ0) is 26.9. The maximum absolute atomic E-state index is 13.6. The molecule has 0 radical (unpaired) electrons. The van der Waals surface area contributed by atoms with E-state index in [0.29, 0.717) is 11.3 Å². The minimum atomic E-state index is -4.55. The van der Waals surface area contributed by atoms with Crippen LogP contribution in [0.5, 0.6) is 11.5 Å². The van der Waals surface area contributed by atoms with E-state index in [1.165, 1.54) is 14.3 Å². The van der Waals surface area contributed by atoms with Crippen LogP contribution in [0.25, 0.3) is 5.69 Å². The van der Waals surface area contributed by atoms with E-state index < -0.39 is 40.9 Å². The van der Waals surface area contributed by atoms with Gasteiger partial charge in [-0.15, -0.1) is 0 Å². The quantitative estimate of drug-likeness (QED) is 0.486. The van der Waals surface area contributed by atoms with E-state index in [-0.39, 0.29) is 18.0 Å². The second-order valence-electron chi connectivity index (χ2n) is 9.51. The van der Waals surface area contributed by atoms with E-state index in [4.69, 9.17) is 9.47 Å². The number of carbonyl (C=O) groups is 1. The molecule has 1 amide bonds. The molecule has 0 fully saturated rings. The topological polar surface area (TPSA) is 87.7 Å². The van der Waals surface area contributed by atoms with Crippen molar-refractivity contribution in [2.24, 2.45) is 0 Å². The molecule has 9 nitrogen and oxygen atoms in total. The average molecular weight is 516 g/mol. The van der Waals surface area contributed by atoms with Crippen LogP contribution in [0.15, 0.2) is 63.7 Å². The highest BCUT2D eigenvalue weighted by Gasteiger charge is 2.44. The number of halogens is 3. The van der Waals surface area contributed by atoms with Crippen LogP contribution in [0.3, 0.4) is 0 Å². The Morgan fingerprint density at radius 2 is 1.76 bits per heavy atom. The Kier molecular flexibility index (Phi) is 5.39. The van der Waals surface area contributed by atoms with Gasteiger partial charge in [-0.3, -0.25) is 0 Å². The van der Waals surface area contributed by atoms with E-state index >= 15 is 0 Å². The lowest BCUT2D eigenvalue weighted by Gasteiger charge is -2.42. The molecule has 0 saturated heterocycles. The van der Waals surface area contributed by atoms with E-state index in [9.17, 15) is 27.6 Å². The summed E-state index contributed by atoms with van der Waals surface area (Å²) in [6.45, 7) is 3.71. The third-order valence-corrected chi connectivity index (χ3v) is 6.45. The fourth-order valence-electron chi connectivity index (χ4n) is 4.65. The molecule has 2 aliphatic heterocycles. The highest BCUT2D eigenvalue weighted by atomic mass is 19.4. The molecule has 12 heteroatoms. The van der Waals surface area contributed by atoms with Crippen molar-refractivity contribution < 1.29 is 27.4 Å². The van der Waals surface area contributed by atoms with Crippen molar-refractivity contribution in [2.75, 3.05) is 14.1 Å². The van der Waals surface area contributed by atoms with Gasteiger partial charge in [-0.25, -0.2) is 28.3 Å². The first-order valence-electron chi connectivity index (χ1n) is 11.3. The highest BCUT2D eigenvalue weighted by molar-refractivity contribution is 5.70. The number of benzene rings is 2. The second-order valence-corrected chi connectivity index (χ2v) is 9.51. The summed E-state index contributed by atoms with van der Waals surface area (Å²) < 4.78 is 54.0. The number of rotatable bonds is 2. The van der Waals surface area contributed by atoms with Crippen molar-refractivity contribution in [3.8, 4) is 17.2 Å². The van der Waals surface area contributed by atoms with Crippen LogP contribution >= 0.6 is 0 Å². The van der Waals surface area contributed by atoms with Gasteiger partial charge in [0.05, 0.1) is 17.8 Å². The fourth-order valence-corrected chi connectivity index (χ4v) is 4.65. The summed E-state index contributed by atoms with van der Waals surface area (Å²) >= 11 is 0. The molecule has 5 rings (SSSR count). The predicted octanol–water partition coefficient (Wildman–Crippen LogP) is 3.58. The molecule has 3 aromatic rings. The maximum Gasteiger partial charge on any atom is 0.416 e. The number of carbonyl (C=O) groups excluding carboxylic acids is 1. The van der Waals surface area contributed by atoms with Crippen LogP contribution < -0.4 is 20.9 Å². The minimum Gasteiger partial charge on any atom is -0.483 e. The number of fused-ring (bicyclic) bond motifs is 5. The lowest BCUT2D eigenvalue weighted by molar-refractivity contribution is -0.137. The zero-order valence-electron chi connectivity index (χ0n) is 20.4. The van der Waals surface area contributed by atoms with Crippen molar-refractivity contribution in [2.45, 2.75) is 38.2 Å². The largest absolute Gasteiger partial charge is 0.483 e. The summed E-state index contributed by atoms with van der Waals surface area (Å²) in [5.41, 5.74) is -1.81. The molecule has 1 atom stereocenters. The Morgan fingerprint density at radius 1 is 1.08 bits per heavy atom. The van der Waals surface area contributed by atoms with Crippen molar-refractivity contribution in [1.82, 2.24) is 18.8 Å². The van der Waals surface area contributed by atoms with Gasteiger partial charge in [0.25, 0.3) is 0 Å². The number of nitrogens with zero attached hydrogens (tertiary/aromatic N) is 4. The van der Waals surface area contributed by atoms with Crippen molar-refractivity contribution in [3.05, 3.63) is 86.2 Å². The molecular formula is C25H23F3N4O5. The summed E-state index contributed by atoms with van der Waals surface area (Å²) in [7, 11) is 3.10. The summed E-state index contributed by atoms with van der Waals surface area (Å²) in [6.07, 6.45) is -3.31. The zero-order valence-corrected chi connectivity index (χ0v) is 20.4. The molecule has 37 heavy (non-hydrogen) atoms. The predicted molar refractivity (Wildman–Crippen MR) is 126 cm³/mol. The third kappa shape index (κ3) is 3.92. The number of amides is 1. The maximum atomic E-state index is 13.6. The summed E-state index contributed by atoms with van der Waals surface area (Å²) in [4.78, 5) is 40.2. The van der Waals surface area contributed by atoms with E-state index in [0.717, 1.165) is 34.4 Å². The lowest BCUT2D eigenvalue weighted by Crippen LogP contribution is -2.46. The summed E-state index contributed by atoms with van der Waals surface area (Å²) in [5.74, 6) is 0.606. The molecule has 2 aliphatic rings. The fraction of sp³-hybridized carbons (Fsp3) is 0.320. The number of hydrogen-bond donors (Lipinski definition) is 0. The molecule has 0 saturated carbocycles. The molecule has 3 heterocycles. The Balaban J connectivity index is 1.64. The SMILES string of the molecule is CN(C)C(=O)Oc1ccc2c(c1)OC(C)(C)C1=CCn3c(=O)n(-c4ccc(C(F)(F)F)cc4)c(=O)n3C12. The average Bonchev–Trinajstić information content (AvgIpc) is 3.08. The Bertz CT molecular complexity index is 1560. The highest BCUT2D eigenvalue weighted by Crippen LogP contribution is 2.47. The van der Waals surface area contributed by atoms with Crippen LogP contribution in [-0.4, -0.2) is 44.6 Å². The lowest BCUT2D eigenvalue weighted by atomic mass is 9.83. The normalized spacial score (nSPS) is 17.6. The van der Waals surface area contributed by atoms with Crippen LogP contribution in [-0.2, 0) is 12.7 Å². The van der Waals surface area contributed by atoms with Gasteiger partial charge >= 0.3 is 23.6 Å². The first kappa shape index (κ1) is 24.5. The van der Waals surface area contributed by atoms with Gasteiger partial charge in [-0.05, 0) is 55.8 Å². The molecule has 1 unspecified atom stereocenters. The van der Waals surface area contributed by atoms with Gasteiger partial charge in [0.2, 0.25) is 0 Å². The number of ether oxygens (including phenoxy) is 2. The van der Waals surface area contributed by atoms with Gasteiger partial charge in [0, 0.05) is 25.7 Å². The van der Waals surface area contributed by atoms with Crippen LogP contribution in [0.4, 0.5) is 18.0 Å². The molecule has 0 N–H and O–H groups in total. The number of allylic oxidation sites excluding steroid dienone is 1. The van der Waals surface area contributed by atoms with E-state index in [1.54, 1.807) is 32.3 Å². The van der Waals surface area contributed by atoms with E-state index in [1.807, 2.05) is 19.9 Å². The number of aromatic nitrogens is 3. The molecule has 1 aromatic heterocycles. The first-order chi connectivity index (χ1) is 17.3. The van der Waals surface area contributed by atoms with Crippen LogP contribution in [0.1, 0.15) is 31.0 Å². The molecule has 0 aliphatic carbocycles. The molecular weight excluding hydrogens is 493 g/mol. The molecule has 0 bridgehead atoms. The van der Waals surface area contributed by atoms with Gasteiger partial charge < -0.3 is 14.4 Å². The Morgan fingerprint density at radius 3 is 2.38 bits per heavy atom. The monoisotopic (exact) mass is 516 g/mol. The Labute approximate surface area is 208 Å². The first-order valence-corrected chi connectivity index (χ1v) is 11.3. The Hall–Kier alpha value is -4.22. The van der Waals surface area contributed by atoms with E-state index in [2.05, 4.69) is 0 Å². The summed E-state index contributed by atoms with van der Waals surface area (Å²) in [5, 5.41) is 0. The number of alkyl halides is 3. The van der Waals surface area contributed by atoms with Crippen LogP contribution in [0, 0.1) is 0 Å². The van der Waals surface area contributed by atoms with Gasteiger partial charge in [-0.1, -0.05) is 6.08 Å².